The van der Waals surface area contributed by atoms with Crippen molar-refractivity contribution >= 4 is 11.8 Å². The first kappa shape index (κ1) is 12.3. The van der Waals surface area contributed by atoms with Crippen molar-refractivity contribution in [1.82, 2.24) is 5.32 Å². The molecule has 14 heavy (non-hydrogen) atoms. The first-order chi connectivity index (χ1) is 6.93. The first-order valence-electron chi connectivity index (χ1n) is 5.83. The monoisotopic (exact) mass is 217 g/mol. The van der Waals surface area contributed by atoms with E-state index in [9.17, 15) is 0 Å². The van der Waals surface area contributed by atoms with E-state index < -0.39 is 0 Å². The summed E-state index contributed by atoms with van der Waals surface area (Å²) in [5.41, 5.74) is 0. The van der Waals surface area contributed by atoms with Crippen LogP contribution in [0.25, 0.3) is 0 Å². The fourth-order valence-electron chi connectivity index (χ4n) is 1.68. The maximum atomic E-state index is 5.28. The van der Waals surface area contributed by atoms with Crippen LogP contribution >= 0.6 is 11.8 Å². The molecule has 0 aliphatic carbocycles. The smallest absolute Gasteiger partial charge is 0.0477 e. The lowest BCUT2D eigenvalue weighted by atomic mass is 10.2. The zero-order valence-electron chi connectivity index (χ0n) is 9.26. The van der Waals surface area contributed by atoms with Gasteiger partial charge in [-0.25, -0.2) is 0 Å². The van der Waals surface area contributed by atoms with Gasteiger partial charge in [0.2, 0.25) is 0 Å². The third kappa shape index (κ3) is 5.89. The third-order valence-electron chi connectivity index (χ3n) is 2.49. The average Bonchev–Trinajstić information content (AvgIpc) is 2.25. The van der Waals surface area contributed by atoms with Crippen molar-refractivity contribution in [3.05, 3.63) is 0 Å². The summed E-state index contributed by atoms with van der Waals surface area (Å²) in [7, 11) is 0. The summed E-state index contributed by atoms with van der Waals surface area (Å²) in [6.45, 7) is 6.10. The quantitative estimate of drug-likeness (QED) is 0.661. The van der Waals surface area contributed by atoms with Crippen LogP contribution in [-0.4, -0.2) is 37.3 Å². The minimum atomic E-state index is 0.846. The fraction of sp³-hybridized carbons (Fsp3) is 1.00. The minimum Gasteiger partial charge on any atom is -0.382 e. The maximum absolute atomic E-state index is 5.28. The molecule has 1 aliphatic rings. The Labute approximate surface area is 92.2 Å². The summed E-state index contributed by atoms with van der Waals surface area (Å²) in [5.74, 6) is 1.37. The second-order valence-corrected chi connectivity index (χ2v) is 5.15. The molecular formula is C11H23NOS. The third-order valence-corrected chi connectivity index (χ3v) is 3.89. The molecule has 3 heteroatoms. The standard InChI is InChI=1S/C11H23NOS/c1-2-13-8-5-7-12-10-11-6-3-4-9-14-11/h11-12H,2-10H2,1H3. The second kappa shape index (κ2) is 8.57. The minimum absolute atomic E-state index is 0.846. The summed E-state index contributed by atoms with van der Waals surface area (Å²) in [4.78, 5) is 0. The number of hydrogen-bond donors (Lipinski definition) is 1. The van der Waals surface area contributed by atoms with Crippen LogP contribution < -0.4 is 5.32 Å². The molecule has 0 bridgehead atoms. The van der Waals surface area contributed by atoms with E-state index in [1.54, 1.807) is 0 Å². The van der Waals surface area contributed by atoms with Gasteiger partial charge in [-0.05, 0) is 38.5 Å². The van der Waals surface area contributed by atoms with Crippen molar-refractivity contribution in [1.29, 1.82) is 0 Å². The normalized spacial score (nSPS) is 22.5. The Morgan fingerprint density at radius 1 is 1.43 bits per heavy atom. The highest BCUT2D eigenvalue weighted by atomic mass is 32.2. The van der Waals surface area contributed by atoms with Gasteiger partial charge in [0, 0.05) is 25.0 Å². The largest absolute Gasteiger partial charge is 0.382 e. The van der Waals surface area contributed by atoms with Crippen LogP contribution in [-0.2, 0) is 4.74 Å². The SMILES string of the molecule is CCOCCCNCC1CCCCS1. The van der Waals surface area contributed by atoms with Crippen LogP contribution in [0.5, 0.6) is 0 Å². The Bertz CT molecular complexity index is 126. The first-order valence-corrected chi connectivity index (χ1v) is 6.88. The molecule has 1 atom stereocenters. The number of hydrogen-bond acceptors (Lipinski definition) is 3. The fourth-order valence-corrected chi connectivity index (χ4v) is 2.95. The highest BCUT2D eigenvalue weighted by molar-refractivity contribution is 7.99. The van der Waals surface area contributed by atoms with Gasteiger partial charge in [0.25, 0.3) is 0 Å². The molecule has 1 fully saturated rings. The Morgan fingerprint density at radius 2 is 2.36 bits per heavy atom. The average molecular weight is 217 g/mol. The Morgan fingerprint density at radius 3 is 3.07 bits per heavy atom. The van der Waals surface area contributed by atoms with E-state index >= 15 is 0 Å². The number of ether oxygens (including phenoxy) is 1. The van der Waals surface area contributed by atoms with Crippen LogP contribution in [0.1, 0.15) is 32.6 Å². The van der Waals surface area contributed by atoms with Gasteiger partial charge in [0.1, 0.15) is 0 Å². The molecule has 1 heterocycles. The lowest BCUT2D eigenvalue weighted by Gasteiger charge is -2.21. The van der Waals surface area contributed by atoms with Crippen molar-refractivity contribution in [2.24, 2.45) is 0 Å². The summed E-state index contributed by atoms with van der Waals surface area (Å²) >= 11 is 2.14. The van der Waals surface area contributed by atoms with Gasteiger partial charge in [-0.15, -0.1) is 0 Å². The van der Waals surface area contributed by atoms with E-state index in [4.69, 9.17) is 4.74 Å². The highest BCUT2D eigenvalue weighted by Crippen LogP contribution is 2.24. The summed E-state index contributed by atoms with van der Waals surface area (Å²) < 4.78 is 5.28. The molecule has 1 rings (SSSR count). The van der Waals surface area contributed by atoms with E-state index in [-0.39, 0.29) is 0 Å². The van der Waals surface area contributed by atoms with Crippen molar-refractivity contribution in [2.45, 2.75) is 37.9 Å². The molecule has 1 aliphatic heterocycles. The van der Waals surface area contributed by atoms with Crippen LogP contribution in [0.15, 0.2) is 0 Å². The predicted molar refractivity (Wildman–Crippen MR) is 64.1 cm³/mol. The van der Waals surface area contributed by atoms with E-state index in [0.29, 0.717) is 0 Å². The van der Waals surface area contributed by atoms with Crippen molar-refractivity contribution < 1.29 is 4.74 Å². The molecule has 0 aromatic rings. The number of rotatable bonds is 7. The second-order valence-electron chi connectivity index (χ2n) is 3.74. The Balaban J connectivity index is 1.82. The zero-order valence-corrected chi connectivity index (χ0v) is 10.1. The number of thioether (sulfide) groups is 1. The van der Waals surface area contributed by atoms with Gasteiger partial charge in [-0.2, -0.15) is 11.8 Å². The summed E-state index contributed by atoms with van der Waals surface area (Å²) in [5, 5.41) is 4.38. The molecule has 0 aromatic heterocycles. The van der Waals surface area contributed by atoms with Gasteiger partial charge in [0.05, 0.1) is 0 Å². The lowest BCUT2D eigenvalue weighted by Crippen LogP contribution is -2.28. The predicted octanol–water partition coefficient (Wildman–Crippen LogP) is 2.29. The number of nitrogens with one attached hydrogen (secondary N) is 1. The zero-order chi connectivity index (χ0) is 10.1. The van der Waals surface area contributed by atoms with Gasteiger partial charge in [-0.1, -0.05) is 6.42 Å². The van der Waals surface area contributed by atoms with Crippen LogP contribution in [0.2, 0.25) is 0 Å². The maximum Gasteiger partial charge on any atom is 0.0477 e. The van der Waals surface area contributed by atoms with Gasteiger partial charge in [-0.3, -0.25) is 0 Å². The Hall–Kier alpha value is 0.270. The van der Waals surface area contributed by atoms with E-state index in [1.807, 2.05) is 6.92 Å². The van der Waals surface area contributed by atoms with Crippen molar-refractivity contribution in [3.8, 4) is 0 Å². The van der Waals surface area contributed by atoms with Gasteiger partial charge in [0.15, 0.2) is 0 Å². The molecule has 0 spiro atoms. The van der Waals surface area contributed by atoms with Crippen molar-refractivity contribution in [2.75, 3.05) is 32.1 Å². The van der Waals surface area contributed by atoms with Crippen LogP contribution in [0.4, 0.5) is 0 Å². The molecule has 0 saturated carbocycles. The molecule has 84 valence electrons. The molecule has 2 nitrogen and oxygen atoms in total. The topological polar surface area (TPSA) is 21.3 Å². The molecule has 0 amide bonds. The van der Waals surface area contributed by atoms with Crippen LogP contribution in [0, 0.1) is 0 Å². The van der Waals surface area contributed by atoms with E-state index in [2.05, 4.69) is 17.1 Å². The molecule has 0 aromatic carbocycles. The molecule has 0 radical (unpaired) electrons. The summed E-state index contributed by atoms with van der Waals surface area (Å²) in [6, 6.07) is 0. The molecule has 1 unspecified atom stereocenters. The lowest BCUT2D eigenvalue weighted by molar-refractivity contribution is 0.145. The summed E-state index contributed by atoms with van der Waals surface area (Å²) in [6.07, 6.45) is 5.40. The van der Waals surface area contributed by atoms with Gasteiger partial charge >= 0.3 is 0 Å². The van der Waals surface area contributed by atoms with Crippen molar-refractivity contribution in [3.63, 3.8) is 0 Å². The highest BCUT2D eigenvalue weighted by Gasteiger charge is 2.12. The van der Waals surface area contributed by atoms with Crippen LogP contribution in [0.3, 0.4) is 0 Å². The van der Waals surface area contributed by atoms with Gasteiger partial charge < -0.3 is 10.1 Å². The van der Waals surface area contributed by atoms with E-state index in [0.717, 1.165) is 31.4 Å². The molecule has 1 saturated heterocycles. The van der Waals surface area contributed by atoms with E-state index in [1.165, 1.54) is 31.6 Å². The Kier molecular flexibility index (Phi) is 7.55. The molecule has 1 N–H and O–H groups in total. The molecular weight excluding hydrogens is 194 g/mol.